The Hall–Kier alpha value is -0.870. The van der Waals surface area contributed by atoms with E-state index < -0.39 is 0 Å². The van der Waals surface area contributed by atoms with Gasteiger partial charge in [0.2, 0.25) is 0 Å². The molecule has 1 aliphatic rings. The van der Waals surface area contributed by atoms with E-state index >= 15 is 0 Å². The quantitative estimate of drug-likeness (QED) is 0.896. The van der Waals surface area contributed by atoms with Crippen molar-refractivity contribution in [1.29, 1.82) is 0 Å². The van der Waals surface area contributed by atoms with E-state index in [0.717, 1.165) is 22.9 Å². The van der Waals surface area contributed by atoms with Crippen molar-refractivity contribution in [1.82, 2.24) is 5.32 Å². The Bertz CT molecular complexity index is 441. The van der Waals surface area contributed by atoms with Gasteiger partial charge in [-0.25, -0.2) is 0 Å². The Morgan fingerprint density at radius 3 is 2.76 bits per heavy atom. The molecule has 3 nitrogen and oxygen atoms in total. The summed E-state index contributed by atoms with van der Waals surface area (Å²) in [7, 11) is 0. The predicted octanol–water partition coefficient (Wildman–Crippen LogP) is 2.26. The Balaban J connectivity index is 1.97. The monoisotopic (exact) mass is 297 g/mol. The van der Waals surface area contributed by atoms with Crippen molar-refractivity contribution < 1.29 is 9.90 Å². The minimum atomic E-state index is -0.0783. The number of aryl methyl sites for hydroxylation is 1. The van der Waals surface area contributed by atoms with E-state index in [1.807, 2.05) is 25.1 Å². The van der Waals surface area contributed by atoms with Crippen LogP contribution in [0, 0.1) is 12.3 Å². The van der Waals surface area contributed by atoms with E-state index in [4.69, 9.17) is 5.11 Å². The van der Waals surface area contributed by atoms with Crippen molar-refractivity contribution in [3.05, 3.63) is 33.8 Å². The Morgan fingerprint density at radius 1 is 1.53 bits per heavy atom. The average Bonchev–Trinajstić information content (AvgIpc) is 3.10. The molecular weight excluding hydrogens is 282 g/mol. The maximum atomic E-state index is 11.9. The molecule has 0 saturated heterocycles. The zero-order valence-electron chi connectivity index (χ0n) is 9.79. The van der Waals surface area contributed by atoms with E-state index in [0.29, 0.717) is 12.1 Å². The number of aliphatic hydroxyl groups is 1. The van der Waals surface area contributed by atoms with Crippen molar-refractivity contribution in [3.63, 3.8) is 0 Å². The van der Waals surface area contributed by atoms with Crippen molar-refractivity contribution in [2.45, 2.75) is 19.8 Å². The van der Waals surface area contributed by atoms with Crippen LogP contribution in [0.2, 0.25) is 0 Å². The van der Waals surface area contributed by atoms with Crippen LogP contribution in [-0.2, 0) is 0 Å². The summed E-state index contributed by atoms with van der Waals surface area (Å²) in [6, 6.07) is 5.55. The minimum absolute atomic E-state index is 0.0441. The molecule has 0 spiro atoms. The van der Waals surface area contributed by atoms with Crippen LogP contribution in [0.1, 0.15) is 28.8 Å². The van der Waals surface area contributed by atoms with E-state index in [2.05, 4.69) is 21.2 Å². The van der Waals surface area contributed by atoms with Crippen LogP contribution in [0.25, 0.3) is 0 Å². The third-order valence-electron chi connectivity index (χ3n) is 3.35. The van der Waals surface area contributed by atoms with Gasteiger partial charge in [-0.2, -0.15) is 0 Å². The Kier molecular flexibility index (Phi) is 3.54. The van der Waals surface area contributed by atoms with Crippen LogP contribution in [-0.4, -0.2) is 24.2 Å². The molecule has 1 aliphatic carbocycles. The van der Waals surface area contributed by atoms with E-state index in [1.54, 1.807) is 0 Å². The van der Waals surface area contributed by atoms with Crippen molar-refractivity contribution >= 4 is 21.8 Å². The highest BCUT2D eigenvalue weighted by molar-refractivity contribution is 9.10. The lowest BCUT2D eigenvalue weighted by Gasteiger charge is -2.13. The van der Waals surface area contributed by atoms with Crippen molar-refractivity contribution in [2.24, 2.45) is 5.41 Å². The standard InChI is InChI=1S/C13H16BrNO2/c1-9-2-3-10(6-11(9)14)12(17)15-7-13(8-16)4-5-13/h2-3,6,16H,4-5,7-8H2,1H3,(H,15,17). The van der Waals surface area contributed by atoms with Crippen LogP contribution in [0.5, 0.6) is 0 Å². The van der Waals surface area contributed by atoms with E-state index in [9.17, 15) is 4.79 Å². The summed E-state index contributed by atoms with van der Waals surface area (Å²) in [5.41, 5.74) is 1.71. The molecule has 17 heavy (non-hydrogen) atoms. The molecule has 4 heteroatoms. The summed E-state index contributed by atoms with van der Waals surface area (Å²) in [6.07, 6.45) is 2.00. The molecule has 0 aliphatic heterocycles. The average molecular weight is 298 g/mol. The highest BCUT2D eigenvalue weighted by Gasteiger charge is 2.42. The van der Waals surface area contributed by atoms with Gasteiger partial charge >= 0.3 is 0 Å². The van der Waals surface area contributed by atoms with Crippen molar-refractivity contribution in [3.8, 4) is 0 Å². The molecule has 1 aromatic carbocycles. The van der Waals surface area contributed by atoms with Gasteiger partial charge < -0.3 is 10.4 Å². The highest BCUT2D eigenvalue weighted by Crippen LogP contribution is 2.44. The second-order valence-corrected chi connectivity index (χ2v) is 5.66. The summed E-state index contributed by atoms with van der Waals surface area (Å²) in [4.78, 5) is 11.9. The van der Waals surface area contributed by atoms with Crippen LogP contribution < -0.4 is 5.32 Å². The van der Waals surface area contributed by atoms with Gasteiger partial charge in [0.05, 0.1) is 6.61 Å². The Morgan fingerprint density at radius 2 is 2.24 bits per heavy atom. The minimum Gasteiger partial charge on any atom is -0.396 e. The van der Waals surface area contributed by atoms with Crippen LogP contribution in [0.3, 0.4) is 0 Å². The fourth-order valence-electron chi connectivity index (χ4n) is 1.67. The van der Waals surface area contributed by atoms with Gasteiger partial charge in [-0.3, -0.25) is 4.79 Å². The molecule has 0 atom stereocenters. The third-order valence-corrected chi connectivity index (χ3v) is 4.20. The Labute approximate surface area is 109 Å². The first-order valence-electron chi connectivity index (χ1n) is 5.72. The second kappa shape index (κ2) is 4.78. The largest absolute Gasteiger partial charge is 0.396 e. The molecule has 1 fully saturated rings. The zero-order chi connectivity index (χ0) is 12.5. The molecule has 0 aromatic heterocycles. The molecule has 0 radical (unpaired) electrons. The number of halogens is 1. The number of amides is 1. The number of rotatable bonds is 4. The van der Waals surface area contributed by atoms with Gasteiger partial charge in [-0.05, 0) is 37.5 Å². The molecule has 1 aromatic rings. The second-order valence-electron chi connectivity index (χ2n) is 4.80. The van der Waals surface area contributed by atoms with Gasteiger partial charge in [0, 0.05) is 22.0 Å². The summed E-state index contributed by atoms with van der Waals surface area (Å²) in [5.74, 6) is -0.0783. The highest BCUT2D eigenvalue weighted by atomic mass is 79.9. The summed E-state index contributed by atoms with van der Waals surface area (Å²) >= 11 is 3.41. The van der Waals surface area contributed by atoms with Gasteiger partial charge in [-0.15, -0.1) is 0 Å². The number of hydrogen-bond acceptors (Lipinski definition) is 2. The topological polar surface area (TPSA) is 49.3 Å². The number of aliphatic hydroxyl groups excluding tert-OH is 1. The molecule has 2 rings (SSSR count). The lowest BCUT2D eigenvalue weighted by molar-refractivity contribution is 0.0935. The van der Waals surface area contributed by atoms with Crippen LogP contribution in [0.15, 0.2) is 22.7 Å². The molecule has 92 valence electrons. The summed E-state index contributed by atoms with van der Waals surface area (Å²) in [5, 5.41) is 12.0. The lowest BCUT2D eigenvalue weighted by Crippen LogP contribution is -2.31. The smallest absolute Gasteiger partial charge is 0.251 e. The van der Waals surface area contributed by atoms with Crippen molar-refractivity contribution in [2.75, 3.05) is 13.2 Å². The number of nitrogens with one attached hydrogen (secondary N) is 1. The van der Waals surface area contributed by atoms with Crippen LogP contribution >= 0.6 is 15.9 Å². The van der Waals surface area contributed by atoms with Gasteiger partial charge in [0.1, 0.15) is 0 Å². The van der Waals surface area contributed by atoms with E-state index in [1.165, 1.54) is 0 Å². The number of carbonyl (C=O) groups is 1. The van der Waals surface area contributed by atoms with Crippen LogP contribution in [0.4, 0.5) is 0 Å². The third kappa shape index (κ3) is 2.87. The molecule has 0 bridgehead atoms. The summed E-state index contributed by atoms with van der Waals surface area (Å²) < 4.78 is 0.938. The molecule has 1 amide bonds. The normalized spacial score (nSPS) is 16.6. The molecular formula is C13H16BrNO2. The lowest BCUT2D eigenvalue weighted by atomic mass is 10.1. The zero-order valence-corrected chi connectivity index (χ0v) is 11.4. The van der Waals surface area contributed by atoms with Gasteiger partial charge in [0.25, 0.3) is 5.91 Å². The molecule has 1 saturated carbocycles. The molecule has 0 unspecified atom stereocenters. The van der Waals surface area contributed by atoms with Gasteiger partial charge in [0.15, 0.2) is 0 Å². The fourth-order valence-corrected chi connectivity index (χ4v) is 2.05. The maximum Gasteiger partial charge on any atom is 0.251 e. The number of carbonyl (C=O) groups excluding carboxylic acids is 1. The molecule has 0 heterocycles. The molecule has 2 N–H and O–H groups in total. The van der Waals surface area contributed by atoms with E-state index in [-0.39, 0.29) is 17.9 Å². The number of hydrogen-bond donors (Lipinski definition) is 2. The first-order valence-corrected chi connectivity index (χ1v) is 6.51. The first-order chi connectivity index (χ1) is 8.06. The van der Waals surface area contributed by atoms with Gasteiger partial charge in [-0.1, -0.05) is 22.0 Å². The number of benzene rings is 1. The fraction of sp³-hybridized carbons (Fsp3) is 0.462. The SMILES string of the molecule is Cc1ccc(C(=O)NCC2(CO)CC2)cc1Br. The predicted molar refractivity (Wildman–Crippen MR) is 70.0 cm³/mol. The first kappa shape index (κ1) is 12.6. The summed E-state index contributed by atoms with van der Waals surface area (Å²) in [6.45, 7) is 2.70. The maximum absolute atomic E-state index is 11.9.